The Morgan fingerprint density at radius 2 is 1.95 bits per heavy atom. The smallest absolute Gasteiger partial charge is 0.338 e. The molecular weight excluding hydrogens is 294 g/mol. The molecule has 2 aromatic rings. The van der Waals surface area contributed by atoms with Crippen LogP contribution >= 0.6 is 11.6 Å². The number of nitrogens with zero attached hydrogens (tertiary/aromatic N) is 1. The van der Waals surface area contributed by atoms with Gasteiger partial charge in [-0.3, -0.25) is 10.1 Å². The number of carbonyl (C=O) groups excluding carboxylic acids is 1. The molecule has 0 atom stereocenters. The van der Waals surface area contributed by atoms with Gasteiger partial charge in [-0.15, -0.1) is 0 Å². The molecular formula is C15H12ClNO4. The molecule has 2 aromatic carbocycles. The SMILES string of the molecule is CCOC(=O)c1cc(Cl)c(-c2ccccc2)c([N+](=O)[O-])c1. The van der Waals surface area contributed by atoms with Crippen molar-refractivity contribution < 1.29 is 14.5 Å². The Morgan fingerprint density at radius 1 is 1.29 bits per heavy atom. The zero-order valence-corrected chi connectivity index (χ0v) is 12.0. The summed E-state index contributed by atoms with van der Waals surface area (Å²) in [7, 11) is 0. The summed E-state index contributed by atoms with van der Waals surface area (Å²) in [6.45, 7) is 1.84. The predicted molar refractivity (Wildman–Crippen MR) is 79.5 cm³/mol. The highest BCUT2D eigenvalue weighted by Crippen LogP contribution is 2.37. The summed E-state index contributed by atoms with van der Waals surface area (Å²) in [4.78, 5) is 22.4. The van der Waals surface area contributed by atoms with Gasteiger partial charge < -0.3 is 4.74 Å². The largest absolute Gasteiger partial charge is 0.462 e. The average Bonchev–Trinajstić information content (AvgIpc) is 2.47. The fourth-order valence-corrected chi connectivity index (χ4v) is 2.28. The molecule has 0 amide bonds. The van der Waals surface area contributed by atoms with Gasteiger partial charge >= 0.3 is 5.97 Å². The lowest BCUT2D eigenvalue weighted by Crippen LogP contribution is -2.06. The molecule has 0 heterocycles. The van der Waals surface area contributed by atoms with Gasteiger partial charge in [-0.1, -0.05) is 41.9 Å². The summed E-state index contributed by atoms with van der Waals surface area (Å²) in [5, 5.41) is 11.4. The Morgan fingerprint density at radius 3 is 2.52 bits per heavy atom. The molecule has 0 N–H and O–H groups in total. The number of rotatable bonds is 4. The highest BCUT2D eigenvalue weighted by Gasteiger charge is 2.23. The van der Waals surface area contributed by atoms with Crippen LogP contribution in [0.3, 0.4) is 0 Å². The second-order valence-electron chi connectivity index (χ2n) is 4.20. The molecule has 0 aromatic heterocycles. The van der Waals surface area contributed by atoms with Gasteiger partial charge in [0.25, 0.3) is 5.69 Å². The Bertz CT molecular complexity index is 686. The maximum Gasteiger partial charge on any atom is 0.338 e. The third kappa shape index (κ3) is 3.20. The minimum atomic E-state index is -0.637. The summed E-state index contributed by atoms with van der Waals surface area (Å²) >= 11 is 6.15. The lowest BCUT2D eigenvalue weighted by molar-refractivity contribution is -0.384. The molecule has 0 spiro atoms. The van der Waals surface area contributed by atoms with E-state index in [0.29, 0.717) is 5.56 Å². The number of carbonyl (C=O) groups is 1. The first kappa shape index (κ1) is 15.0. The maximum absolute atomic E-state index is 11.7. The van der Waals surface area contributed by atoms with Crippen molar-refractivity contribution in [1.82, 2.24) is 0 Å². The van der Waals surface area contributed by atoms with E-state index >= 15 is 0 Å². The van der Waals surface area contributed by atoms with Gasteiger partial charge in [0.1, 0.15) is 0 Å². The van der Waals surface area contributed by atoms with Crippen molar-refractivity contribution in [2.24, 2.45) is 0 Å². The highest BCUT2D eigenvalue weighted by atomic mass is 35.5. The second kappa shape index (κ2) is 6.37. The summed E-state index contributed by atoms with van der Waals surface area (Å²) in [5.41, 5.74) is 0.741. The number of esters is 1. The van der Waals surface area contributed by atoms with Crippen molar-refractivity contribution >= 4 is 23.3 Å². The number of halogens is 1. The molecule has 108 valence electrons. The number of benzene rings is 2. The molecule has 0 aliphatic heterocycles. The fourth-order valence-electron chi connectivity index (χ4n) is 1.96. The van der Waals surface area contributed by atoms with Crippen LogP contribution in [-0.4, -0.2) is 17.5 Å². The minimum absolute atomic E-state index is 0.0632. The molecule has 0 aliphatic carbocycles. The molecule has 0 unspecified atom stereocenters. The first-order valence-electron chi connectivity index (χ1n) is 6.25. The average molecular weight is 306 g/mol. The van der Waals surface area contributed by atoms with Crippen LogP contribution in [0, 0.1) is 10.1 Å². The normalized spacial score (nSPS) is 10.2. The first-order valence-corrected chi connectivity index (χ1v) is 6.63. The number of hydrogen-bond acceptors (Lipinski definition) is 4. The van der Waals surface area contributed by atoms with E-state index in [1.54, 1.807) is 37.3 Å². The Labute approximate surface area is 126 Å². The maximum atomic E-state index is 11.7. The summed E-state index contributed by atoms with van der Waals surface area (Å²) in [6, 6.07) is 11.3. The van der Waals surface area contributed by atoms with Crippen molar-refractivity contribution in [3.63, 3.8) is 0 Å². The van der Waals surface area contributed by atoms with Gasteiger partial charge in [-0.05, 0) is 18.6 Å². The molecule has 0 fully saturated rings. The van der Waals surface area contributed by atoms with Crippen LogP contribution in [0.15, 0.2) is 42.5 Å². The van der Waals surface area contributed by atoms with E-state index in [-0.39, 0.29) is 28.4 Å². The van der Waals surface area contributed by atoms with E-state index < -0.39 is 10.9 Å². The number of nitro benzene ring substituents is 1. The topological polar surface area (TPSA) is 69.4 Å². The van der Waals surface area contributed by atoms with Gasteiger partial charge in [-0.2, -0.15) is 0 Å². The Hall–Kier alpha value is -2.40. The molecule has 0 bridgehead atoms. The van der Waals surface area contributed by atoms with E-state index in [1.165, 1.54) is 12.1 Å². The lowest BCUT2D eigenvalue weighted by atomic mass is 10.0. The standard InChI is InChI=1S/C15H12ClNO4/c1-2-21-15(18)11-8-12(16)14(13(9-11)17(19)20)10-6-4-3-5-7-10/h3-9H,2H2,1H3. The van der Waals surface area contributed by atoms with Gasteiger partial charge in [0.15, 0.2) is 0 Å². The van der Waals surface area contributed by atoms with Crippen LogP contribution in [0.2, 0.25) is 5.02 Å². The minimum Gasteiger partial charge on any atom is -0.462 e. The molecule has 0 saturated heterocycles. The molecule has 0 radical (unpaired) electrons. The zero-order chi connectivity index (χ0) is 15.4. The lowest BCUT2D eigenvalue weighted by Gasteiger charge is -2.08. The van der Waals surface area contributed by atoms with Crippen molar-refractivity contribution in [3.05, 3.63) is 63.2 Å². The van der Waals surface area contributed by atoms with Crippen LogP contribution in [-0.2, 0) is 4.74 Å². The zero-order valence-electron chi connectivity index (χ0n) is 11.2. The fraction of sp³-hybridized carbons (Fsp3) is 0.133. The summed E-state index contributed by atoms with van der Waals surface area (Å²) in [6.07, 6.45) is 0. The highest BCUT2D eigenvalue weighted by molar-refractivity contribution is 6.34. The quantitative estimate of drug-likeness (QED) is 0.484. The molecule has 0 aliphatic rings. The van der Waals surface area contributed by atoms with Crippen LogP contribution in [0.25, 0.3) is 11.1 Å². The van der Waals surface area contributed by atoms with Crippen molar-refractivity contribution in [2.75, 3.05) is 6.61 Å². The third-order valence-corrected chi connectivity index (χ3v) is 3.14. The molecule has 6 heteroatoms. The Balaban J connectivity index is 2.62. The van der Waals surface area contributed by atoms with Crippen LogP contribution in [0.1, 0.15) is 17.3 Å². The predicted octanol–water partition coefficient (Wildman–Crippen LogP) is 4.09. The third-order valence-electron chi connectivity index (χ3n) is 2.84. The van der Waals surface area contributed by atoms with Crippen molar-refractivity contribution in [2.45, 2.75) is 6.92 Å². The van der Waals surface area contributed by atoms with E-state index in [9.17, 15) is 14.9 Å². The van der Waals surface area contributed by atoms with Crippen LogP contribution in [0.4, 0.5) is 5.69 Å². The first-order chi connectivity index (χ1) is 10.0. The monoisotopic (exact) mass is 305 g/mol. The summed E-state index contributed by atoms with van der Waals surface area (Å²) < 4.78 is 4.84. The van der Waals surface area contributed by atoms with Gasteiger partial charge in [0.05, 0.1) is 27.7 Å². The number of nitro groups is 1. The van der Waals surface area contributed by atoms with Gasteiger partial charge in [0.2, 0.25) is 0 Å². The van der Waals surface area contributed by atoms with Gasteiger partial charge in [0, 0.05) is 6.07 Å². The van der Waals surface area contributed by atoms with E-state index in [4.69, 9.17) is 16.3 Å². The van der Waals surface area contributed by atoms with Crippen molar-refractivity contribution in [1.29, 1.82) is 0 Å². The molecule has 5 nitrogen and oxygen atoms in total. The van der Waals surface area contributed by atoms with E-state index in [0.717, 1.165) is 0 Å². The molecule has 2 rings (SSSR count). The van der Waals surface area contributed by atoms with Crippen LogP contribution < -0.4 is 0 Å². The molecule has 0 saturated carbocycles. The van der Waals surface area contributed by atoms with Crippen molar-refractivity contribution in [3.8, 4) is 11.1 Å². The second-order valence-corrected chi connectivity index (χ2v) is 4.60. The van der Waals surface area contributed by atoms with E-state index in [2.05, 4.69) is 0 Å². The number of hydrogen-bond donors (Lipinski definition) is 0. The van der Waals surface area contributed by atoms with E-state index in [1.807, 2.05) is 0 Å². The summed E-state index contributed by atoms with van der Waals surface area (Å²) in [5.74, 6) is -0.637. The number of ether oxygens (including phenoxy) is 1. The van der Waals surface area contributed by atoms with Crippen LogP contribution in [0.5, 0.6) is 0 Å². The Kier molecular flexibility index (Phi) is 4.55. The van der Waals surface area contributed by atoms with Gasteiger partial charge in [-0.25, -0.2) is 4.79 Å². The molecule has 21 heavy (non-hydrogen) atoms.